The summed E-state index contributed by atoms with van der Waals surface area (Å²) in [6, 6.07) is 2.70. The van der Waals surface area contributed by atoms with Crippen LogP contribution in [0.5, 0.6) is 0 Å². The van der Waals surface area contributed by atoms with Gasteiger partial charge in [0, 0.05) is 31.0 Å². The van der Waals surface area contributed by atoms with Crippen molar-refractivity contribution in [1.29, 1.82) is 0 Å². The average molecular weight is 371 g/mol. The van der Waals surface area contributed by atoms with E-state index in [4.69, 9.17) is 10.1 Å². The van der Waals surface area contributed by atoms with Crippen molar-refractivity contribution in [2.24, 2.45) is 0 Å². The van der Waals surface area contributed by atoms with Crippen molar-refractivity contribution in [2.45, 2.75) is 65.6 Å². The third kappa shape index (κ3) is 3.40. The van der Waals surface area contributed by atoms with E-state index in [1.54, 1.807) is 11.3 Å². The summed E-state index contributed by atoms with van der Waals surface area (Å²) in [5.41, 5.74) is 4.36. The molecule has 0 aromatic carbocycles. The minimum absolute atomic E-state index is 0.577. The lowest BCUT2D eigenvalue weighted by molar-refractivity contribution is 0.468. The largest absolute Gasteiger partial charge is 0.357 e. The van der Waals surface area contributed by atoms with Crippen LogP contribution in [0.2, 0.25) is 0 Å². The standard InChI is InChI=1S/C19H26N6S/c1-4-24-12-15(13(2)22-24)11-20-19-21-14(3)18(26-19)17-9-10-25(23-17)16-7-5-6-8-16/h9-10,12,16H,4-8,11H2,1-3H3,(H,20,21). The Hall–Kier alpha value is -2.15. The van der Waals surface area contributed by atoms with Gasteiger partial charge < -0.3 is 5.32 Å². The van der Waals surface area contributed by atoms with Gasteiger partial charge in [-0.3, -0.25) is 9.36 Å². The summed E-state index contributed by atoms with van der Waals surface area (Å²) in [4.78, 5) is 5.85. The summed E-state index contributed by atoms with van der Waals surface area (Å²) in [6.45, 7) is 7.86. The number of rotatable bonds is 6. The zero-order valence-corrected chi connectivity index (χ0v) is 16.5. The fraction of sp³-hybridized carbons (Fsp3) is 0.526. The number of anilines is 1. The molecule has 0 amide bonds. The monoisotopic (exact) mass is 370 g/mol. The molecule has 7 heteroatoms. The number of hydrogen-bond donors (Lipinski definition) is 1. The zero-order chi connectivity index (χ0) is 18.1. The molecule has 1 fully saturated rings. The van der Waals surface area contributed by atoms with Gasteiger partial charge in [-0.25, -0.2) is 4.98 Å². The Morgan fingerprint density at radius 3 is 2.73 bits per heavy atom. The molecule has 3 heterocycles. The highest BCUT2D eigenvalue weighted by molar-refractivity contribution is 7.19. The van der Waals surface area contributed by atoms with E-state index in [0.717, 1.165) is 40.2 Å². The normalized spacial score (nSPS) is 15.0. The Morgan fingerprint density at radius 2 is 2.00 bits per heavy atom. The molecule has 0 aliphatic heterocycles. The van der Waals surface area contributed by atoms with Gasteiger partial charge in [-0.05, 0) is 39.7 Å². The summed E-state index contributed by atoms with van der Waals surface area (Å²) in [7, 11) is 0. The summed E-state index contributed by atoms with van der Waals surface area (Å²) in [6.07, 6.45) is 9.37. The SMILES string of the molecule is CCn1cc(CNc2nc(C)c(-c3ccn(C4CCCC4)n3)s2)c(C)n1. The molecule has 1 N–H and O–H groups in total. The Labute approximate surface area is 158 Å². The molecule has 1 aliphatic rings. The molecular weight excluding hydrogens is 344 g/mol. The molecule has 1 aliphatic carbocycles. The molecule has 6 nitrogen and oxygen atoms in total. The van der Waals surface area contributed by atoms with Gasteiger partial charge in [0.05, 0.1) is 22.3 Å². The molecule has 0 radical (unpaired) electrons. The van der Waals surface area contributed by atoms with Crippen molar-refractivity contribution in [3.63, 3.8) is 0 Å². The molecule has 3 aromatic rings. The molecule has 0 unspecified atom stereocenters. The van der Waals surface area contributed by atoms with Crippen molar-refractivity contribution in [1.82, 2.24) is 24.5 Å². The van der Waals surface area contributed by atoms with Crippen LogP contribution >= 0.6 is 11.3 Å². The van der Waals surface area contributed by atoms with Crippen LogP contribution in [0.4, 0.5) is 5.13 Å². The first-order valence-electron chi connectivity index (χ1n) is 9.43. The number of aryl methyl sites for hydroxylation is 3. The summed E-state index contributed by atoms with van der Waals surface area (Å²) in [5, 5.41) is 13.7. The van der Waals surface area contributed by atoms with E-state index < -0.39 is 0 Å². The van der Waals surface area contributed by atoms with Crippen molar-refractivity contribution in [3.8, 4) is 10.6 Å². The first-order valence-corrected chi connectivity index (χ1v) is 10.3. The Balaban J connectivity index is 1.47. The smallest absolute Gasteiger partial charge is 0.183 e. The van der Waals surface area contributed by atoms with Crippen molar-refractivity contribution in [3.05, 3.63) is 35.4 Å². The van der Waals surface area contributed by atoms with Gasteiger partial charge >= 0.3 is 0 Å². The lowest BCUT2D eigenvalue weighted by atomic mass is 10.3. The highest BCUT2D eigenvalue weighted by Crippen LogP contribution is 2.34. The number of nitrogens with one attached hydrogen (secondary N) is 1. The maximum atomic E-state index is 4.83. The fourth-order valence-electron chi connectivity index (χ4n) is 3.61. The molecular formula is C19H26N6S. The number of hydrogen-bond acceptors (Lipinski definition) is 5. The highest BCUT2D eigenvalue weighted by atomic mass is 32.1. The Morgan fingerprint density at radius 1 is 1.19 bits per heavy atom. The maximum absolute atomic E-state index is 4.83. The molecule has 0 atom stereocenters. The molecule has 0 spiro atoms. The maximum Gasteiger partial charge on any atom is 0.183 e. The number of aromatic nitrogens is 5. The second-order valence-electron chi connectivity index (χ2n) is 7.00. The Kier molecular flexibility index (Phi) is 4.80. The minimum atomic E-state index is 0.577. The molecule has 1 saturated carbocycles. The summed E-state index contributed by atoms with van der Waals surface area (Å²) in [5.74, 6) is 0. The Bertz CT molecular complexity index is 884. The second-order valence-corrected chi connectivity index (χ2v) is 8.00. The first-order chi connectivity index (χ1) is 12.6. The average Bonchev–Trinajstić information content (AvgIpc) is 3.40. The molecule has 0 bridgehead atoms. The third-order valence-electron chi connectivity index (χ3n) is 5.14. The van der Waals surface area contributed by atoms with Gasteiger partial charge in [0.1, 0.15) is 5.69 Å². The van der Waals surface area contributed by atoms with Crippen LogP contribution in [0.15, 0.2) is 18.5 Å². The van der Waals surface area contributed by atoms with E-state index >= 15 is 0 Å². The van der Waals surface area contributed by atoms with Crippen molar-refractivity contribution < 1.29 is 0 Å². The first kappa shape index (κ1) is 17.3. The van der Waals surface area contributed by atoms with Gasteiger partial charge in [-0.2, -0.15) is 10.2 Å². The van der Waals surface area contributed by atoms with Crippen LogP contribution in [-0.4, -0.2) is 24.5 Å². The molecule has 138 valence electrons. The number of thiazole rings is 1. The fourth-order valence-corrected chi connectivity index (χ4v) is 4.53. The van der Waals surface area contributed by atoms with E-state index in [1.807, 2.05) is 4.68 Å². The van der Waals surface area contributed by atoms with E-state index in [2.05, 4.69) is 54.3 Å². The van der Waals surface area contributed by atoms with E-state index in [1.165, 1.54) is 31.2 Å². The van der Waals surface area contributed by atoms with Crippen LogP contribution in [0, 0.1) is 13.8 Å². The van der Waals surface area contributed by atoms with Gasteiger partial charge in [0.2, 0.25) is 0 Å². The van der Waals surface area contributed by atoms with E-state index in [0.29, 0.717) is 6.04 Å². The van der Waals surface area contributed by atoms with Gasteiger partial charge in [-0.15, -0.1) is 0 Å². The van der Waals surface area contributed by atoms with Gasteiger partial charge in [-0.1, -0.05) is 24.2 Å². The van der Waals surface area contributed by atoms with E-state index in [9.17, 15) is 0 Å². The quantitative estimate of drug-likeness (QED) is 0.690. The predicted octanol–water partition coefficient (Wildman–Crippen LogP) is 4.57. The van der Waals surface area contributed by atoms with E-state index in [-0.39, 0.29) is 0 Å². The molecule has 26 heavy (non-hydrogen) atoms. The van der Waals surface area contributed by atoms with Crippen molar-refractivity contribution in [2.75, 3.05) is 5.32 Å². The summed E-state index contributed by atoms with van der Waals surface area (Å²) >= 11 is 1.68. The number of nitrogens with zero attached hydrogens (tertiary/aromatic N) is 5. The third-order valence-corrected chi connectivity index (χ3v) is 6.28. The molecule has 3 aromatic heterocycles. The van der Waals surface area contributed by atoms with Gasteiger partial charge in [0.15, 0.2) is 5.13 Å². The topological polar surface area (TPSA) is 60.6 Å². The predicted molar refractivity (Wildman–Crippen MR) is 106 cm³/mol. The zero-order valence-electron chi connectivity index (χ0n) is 15.7. The van der Waals surface area contributed by atoms with Crippen LogP contribution in [0.25, 0.3) is 10.6 Å². The second kappa shape index (κ2) is 7.23. The lowest BCUT2D eigenvalue weighted by Crippen LogP contribution is -2.04. The highest BCUT2D eigenvalue weighted by Gasteiger charge is 2.19. The summed E-state index contributed by atoms with van der Waals surface area (Å²) < 4.78 is 4.12. The van der Waals surface area contributed by atoms with Gasteiger partial charge in [0.25, 0.3) is 0 Å². The van der Waals surface area contributed by atoms with Crippen LogP contribution < -0.4 is 5.32 Å². The molecule has 0 saturated heterocycles. The van der Waals surface area contributed by atoms with Crippen LogP contribution in [-0.2, 0) is 13.1 Å². The lowest BCUT2D eigenvalue weighted by Gasteiger charge is -2.08. The van der Waals surface area contributed by atoms with Crippen LogP contribution in [0.1, 0.15) is 55.6 Å². The molecule has 4 rings (SSSR count). The van der Waals surface area contributed by atoms with Crippen LogP contribution in [0.3, 0.4) is 0 Å². The van der Waals surface area contributed by atoms with Crippen molar-refractivity contribution >= 4 is 16.5 Å². The minimum Gasteiger partial charge on any atom is -0.357 e.